The van der Waals surface area contributed by atoms with Gasteiger partial charge in [-0.2, -0.15) is 0 Å². The molecule has 8 nitrogen and oxygen atoms in total. The highest BCUT2D eigenvalue weighted by Gasteiger charge is 2.13. The number of amides is 1. The number of anilines is 1. The summed E-state index contributed by atoms with van der Waals surface area (Å²) in [5.74, 6) is 1.84. The van der Waals surface area contributed by atoms with Gasteiger partial charge < -0.3 is 25.4 Å². The predicted octanol–water partition coefficient (Wildman–Crippen LogP) is 2.94. The van der Waals surface area contributed by atoms with Crippen LogP contribution in [0.2, 0.25) is 0 Å². The topological polar surface area (TPSA) is 94.8 Å². The molecule has 0 aliphatic rings. The molecule has 2 aromatic rings. The maximum Gasteiger partial charge on any atom is 0.238 e. The van der Waals surface area contributed by atoms with E-state index in [0.29, 0.717) is 31.5 Å². The number of benzene rings is 1. The lowest BCUT2D eigenvalue weighted by Gasteiger charge is -2.13. The van der Waals surface area contributed by atoms with Gasteiger partial charge >= 0.3 is 0 Å². The zero-order valence-electron chi connectivity index (χ0n) is 18.7. The van der Waals surface area contributed by atoms with Crippen LogP contribution in [0, 0.1) is 0 Å². The molecule has 30 heavy (non-hydrogen) atoms. The Morgan fingerprint density at radius 1 is 1.17 bits per heavy atom. The van der Waals surface area contributed by atoms with Gasteiger partial charge in [-0.3, -0.25) is 9.79 Å². The molecule has 0 saturated heterocycles. The molecule has 0 unspecified atom stereocenters. The molecule has 164 valence electrons. The maximum absolute atomic E-state index is 11.9. The fourth-order valence-corrected chi connectivity index (χ4v) is 3.14. The van der Waals surface area contributed by atoms with Crippen molar-refractivity contribution in [3.8, 4) is 0 Å². The Kier molecular flexibility index (Phi) is 9.34. The van der Waals surface area contributed by atoms with E-state index in [1.807, 2.05) is 49.3 Å². The zero-order chi connectivity index (χ0) is 21.9. The standard InChI is InChI=1S/C22H34N6O2/c1-6-17(7-2)20-12-19(30-27-20)14-25-22(23-3)24-13-16-9-8-10-18(11-16)26-21(29)15-28(4)5/h8-12,17H,6-7,13-15H2,1-5H3,(H,26,29)(H2,23,24,25). The Morgan fingerprint density at radius 2 is 1.90 bits per heavy atom. The summed E-state index contributed by atoms with van der Waals surface area (Å²) in [6.45, 7) is 5.75. The fraction of sp³-hybridized carbons (Fsp3) is 0.500. The Hall–Kier alpha value is -2.87. The summed E-state index contributed by atoms with van der Waals surface area (Å²) in [5.41, 5.74) is 2.82. The molecule has 0 saturated carbocycles. The average molecular weight is 415 g/mol. The molecule has 0 fully saturated rings. The van der Waals surface area contributed by atoms with E-state index >= 15 is 0 Å². The molecular weight excluding hydrogens is 380 g/mol. The first-order chi connectivity index (χ1) is 14.4. The first kappa shape index (κ1) is 23.4. The molecule has 0 radical (unpaired) electrons. The summed E-state index contributed by atoms with van der Waals surface area (Å²) in [7, 11) is 5.46. The molecule has 2 rings (SSSR count). The van der Waals surface area contributed by atoms with E-state index in [-0.39, 0.29) is 5.91 Å². The summed E-state index contributed by atoms with van der Waals surface area (Å²) in [6.07, 6.45) is 2.10. The minimum atomic E-state index is -0.0394. The highest BCUT2D eigenvalue weighted by Crippen LogP contribution is 2.22. The fourth-order valence-electron chi connectivity index (χ4n) is 3.14. The van der Waals surface area contributed by atoms with E-state index < -0.39 is 0 Å². The van der Waals surface area contributed by atoms with Gasteiger partial charge in [-0.05, 0) is 44.6 Å². The lowest BCUT2D eigenvalue weighted by atomic mass is 9.99. The van der Waals surface area contributed by atoms with Gasteiger partial charge in [0, 0.05) is 31.3 Å². The van der Waals surface area contributed by atoms with Crippen LogP contribution < -0.4 is 16.0 Å². The van der Waals surface area contributed by atoms with Crippen LogP contribution >= 0.6 is 0 Å². The van der Waals surface area contributed by atoms with E-state index in [2.05, 4.69) is 39.9 Å². The van der Waals surface area contributed by atoms with Gasteiger partial charge in [-0.15, -0.1) is 0 Å². The Morgan fingerprint density at radius 3 is 2.57 bits per heavy atom. The van der Waals surface area contributed by atoms with E-state index in [0.717, 1.165) is 35.5 Å². The second-order valence-corrected chi connectivity index (χ2v) is 7.50. The number of hydrogen-bond acceptors (Lipinski definition) is 5. The number of nitrogens with one attached hydrogen (secondary N) is 3. The lowest BCUT2D eigenvalue weighted by Crippen LogP contribution is -2.36. The summed E-state index contributed by atoms with van der Waals surface area (Å²) >= 11 is 0. The van der Waals surface area contributed by atoms with Crippen molar-refractivity contribution >= 4 is 17.6 Å². The molecule has 1 aromatic carbocycles. The van der Waals surface area contributed by atoms with Crippen LogP contribution in [0.25, 0.3) is 0 Å². The molecule has 1 heterocycles. The highest BCUT2D eigenvalue weighted by atomic mass is 16.5. The second kappa shape index (κ2) is 12.0. The molecule has 0 atom stereocenters. The van der Waals surface area contributed by atoms with Crippen LogP contribution in [0.3, 0.4) is 0 Å². The largest absolute Gasteiger partial charge is 0.359 e. The van der Waals surface area contributed by atoms with E-state index in [4.69, 9.17) is 4.52 Å². The minimum Gasteiger partial charge on any atom is -0.359 e. The third-order valence-electron chi connectivity index (χ3n) is 4.77. The Balaban J connectivity index is 1.86. The van der Waals surface area contributed by atoms with Gasteiger partial charge in [-0.25, -0.2) is 0 Å². The number of guanidine groups is 1. The molecule has 0 spiro atoms. The van der Waals surface area contributed by atoms with Crippen molar-refractivity contribution in [2.24, 2.45) is 4.99 Å². The molecule has 0 aliphatic heterocycles. The third-order valence-corrected chi connectivity index (χ3v) is 4.77. The number of rotatable bonds is 10. The molecule has 1 aromatic heterocycles. The van der Waals surface area contributed by atoms with Crippen molar-refractivity contribution in [3.63, 3.8) is 0 Å². The monoisotopic (exact) mass is 414 g/mol. The average Bonchev–Trinajstić information content (AvgIpc) is 3.17. The van der Waals surface area contributed by atoms with Crippen LogP contribution in [0.5, 0.6) is 0 Å². The summed E-state index contributed by atoms with van der Waals surface area (Å²) in [4.78, 5) is 18.0. The normalized spacial score (nSPS) is 11.8. The quantitative estimate of drug-likeness (QED) is 0.409. The van der Waals surface area contributed by atoms with Crippen molar-refractivity contribution in [1.82, 2.24) is 20.7 Å². The Labute approximate surface area is 179 Å². The molecular formula is C22H34N6O2. The number of carbonyl (C=O) groups is 1. The zero-order valence-corrected chi connectivity index (χ0v) is 18.7. The van der Waals surface area contributed by atoms with Gasteiger partial charge in [-0.1, -0.05) is 31.1 Å². The SMILES string of the molecule is CCC(CC)c1cc(CNC(=NC)NCc2cccc(NC(=O)CN(C)C)c2)on1. The van der Waals surface area contributed by atoms with E-state index in [1.165, 1.54) is 0 Å². The lowest BCUT2D eigenvalue weighted by molar-refractivity contribution is -0.116. The number of likely N-dealkylation sites (N-methyl/N-ethyl adjacent to an activating group) is 1. The predicted molar refractivity (Wildman–Crippen MR) is 120 cm³/mol. The van der Waals surface area contributed by atoms with Gasteiger partial charge in [0.1, 0.15) is 0 Å². The third kappa shape index (κ3) is 7.51. The number of nitrogens with zero attached hydrogens (tertiary/aromatic N) is 3. The minimum absolute atomic E-state index is 0.0394. The van der Waals surface area contributed by atoms with E-state index in [1.54, 1.807) is 7.05 Å². The van der Waals surface area contributed by atoms with Crippen LogP contribution in [-0.4, -0.2) is 49.6 Å². The summed E-state index contributed by atoms with van der Waals surface area (Å²) in [5, 5.41) is 13.6. The van der Waals surface area contributed by atoms with Crippen LogP contribution in [0.1, 0.15) is 49.6 Å². The number of hydrogen-bond donors (Lipinski definition) is 3. The van der Waals surface area contributed by atoms with Crippen LogP contribution in [-0.2, 0) is 17.9 Å². The Bertz CT molecular complexity index is 827. The summed E-state index contributed by atoms with van der Waals surface area (Å²) in [6, 6.07) is 9.77. The van der Waals surface area contributed by atoms with Crippen molar-refractivity contribution < 1.29 is 9.32 Å². The molecule has 1 amide bonds. The van der Waals surface area contributed by atoms with Crippen molar-refractivity contribution in [2.45, 2.75) is 45.7 Å². The number of aliphatic imine (C=N–C) groups is 1. The van der Waals surface area contributed by atoms with E-state index in [9.17, 15) is 4.79 Å². The molecule has 0 bridgehead atoms. The first-order valence-corrected chi connectivity index (χ1v) is 10.4. The van der Waals surface area contributed by atoms with Crippen molar-refractivity contribution in [3.05, 3.63) is 47.3 Å². The molecule has 3 N–H and O–H groups in total. The van der Waals surface area contributed by atoms with Gasteiger partial charge in [0.05, 0.1) is 18.8 Å². The highest BCUT2D eigenvalue weighted by molar-refractivity contribution is 5.92. The van der Waals surface area contributed by atoms with Crippen LogP contribution in [0.4, 0.5) is 5.69 Å². The van der Waals surface area contributed by atoms with Crippen LogP contribution in [0.15, 0.2) is 39.8 Å². The molecule has 0 aliphatic carbocycles. The van der Waals surface area contributed by atoms with Crippen molar-refractivity contribution in [1.29, 1.82) is 0 Å². The van der Waals surface area contributed by atoms with Gasteiger partial charge in [0.15, 0.2) is 11.7 Å². The van der Waals surface area contributed by atoms with Crippen molar-refractivity contribution in [2.75, 3.05) is 33.0 Å². The summed E-state index contributed by atoms with van der Waals surface area (Å²) < 4.78 is 5.45. The maximum atomic E-state index is 11.9. The number of carbonyl (C=O) groups excluding carboxylic acids is 1. The van der Waals surface area contributed by atoms with Gasteiger partial charge in [0.2, 0.25) is 5.91 Å². The number of aromatic nitrogens is 1. The first-order valence-electron chi connectivity index (χ1n) is 10.4. The molecule has 8 heteroatoms. The van der Waals surface area contributed by atoms with Gasteiger partial charge in [0.25, 0.3) is 0 Å². The smallest absolute Gasteiger partial charge is 0.238 e. The second-order valence-electron chi connectivity index (χ2n) is 7.50.